The summed E-state index contributed by atoms with van der Waals surface area (Å²) in [5.41, 5.74) is 0. The maximum absolute atomic E-state index is 11.4. The number of rotatable bonds is 17. The molecular weight excluding hydrogens is 372 g/mol. The molecule has 2 N–H and O–H groups in total. The molecule has 0 aromatic rings. The molecule has 168 valence electrons. The highest BCUT2D eigenvalue weighted by atomic mass is 16.7. The van der Waals surface area contributed by atoms with Gasteiger partial charge in [0.2, 0.25) is 0 Å². The van der Waals surface area contributed by atoms with Crippen molar-refractivity contribution >= 4 is 6.16 Å². The number of aliphatic hydroxyl groups excluding tert-OH is 2. The van der Waals surface area contributed by atoms with Gasteiger partial charge < -0.3 is 38.6 Å². The van der Waals surface area contributed by atoms with Crippen molar-refractivity contribution in [1.29, 1.82) is 0 Å². The Hall–Kier alpha value is -0.970. The number of hydrogen-bond donors (Lipinski definition) is 2. The van der Waals surface area contributed by atoms with Gasteiger partial charge in [0.1, 0.15) is 13.2 Å². The Morgan fingerprint density at radius 3 is 1.50 bits per heavy atom. The van der Waals surface area contributed by atoms with Crippen molar-refractivity contribution in [3.63, 3.8) is 0 Å². The molecule has 4 atom stereocenters. The molecule has 0 spiro atoms. The normalized spacial score (nSPS) is 15.9. The highest BCUT2D eigenvalue weighted by Gasteiger charge is 2.14. The molecule has 0 saturated carbocycles. The molecule has 4 unspecified atom stereocenters. The second-order valence-electron chi connectivity index (χ2n) is 6.80. The van der Waals surface area contributed by atoms with Crippen molar-refractivity contribution in [1.82, 2.24) is 0 Å². The first-order valence-corrected chi connectivity index (χ1v) is 9.79. The molecule has 0 aliphatic carbocycles. The molecule has 0 radical (unpaired) electrons. The Balaban J connectivity index is 3.79. The van der Waals surface area contributed by atoms with Gasteiger partial charge in [0.05, 0.1) is 57.5 Å². The van der Waals surface area contributed by atoms with Crippen LogP contribution in [-0.4, -0.2) is 93.6 Å². The molecule has 0 bridgehead atoms. The Kier molecular flexibility index (Phi) is 16.4. The Morgan fingerprint density at radius 1 is 0.679 bits per heavy atom. The smallest absolute Gasteiger partial charge is 0.434 e. The van der Waals surface area contributed by atoms with E-state index in [1.807, 2.05) is 27.7 Å². The monoisotopic (exact) mass is 410 g/mol. The fourth-order valence-electron chi connectivity index (χ4n) is 1.95. The summed E-state index contributed by atoms with van der Waals surface area (Å²) >= 11 is 0. The minimum absolute atomic E-state index is 0.0311. The van der Waals surface area contributed by atoms with Crippen molar-refractivity contribution in [2.75, 3.05) is 52.9 Å². The summed E-state index contributed by atoms with van der Waals surface area (Å²) in [5, 5.41) is 17.8. The topological polar surface area (TPSA) is 113 Å². The van der Waals surface area contributed by atoms with E-state index in [-0.39, 0.29) is 50.8 Å². The number of ether oxygens (including phenoxy) is 6. The summed E-state index contributed by atoms with van der Waals surface area (Å²) in [5.74, 6) is -0.507. The second kappa shape index (κ2) is 16.9. The van der Waals surface area contributed by atoms with Crippen molar-refractivity contribution in [2.45, 2.75) is 59.0 Å². The van der Waals surface area contributed by atoms with Crippen LogP contribution < -0.4 is 0 Å². The van der Waals surface area contributed by atoms with Gasteiger partial charge in [-0.1, -0.05) is 0 Å². The van der Waals surface area contributed by atoms with E-state index in [2.05, 4.69) is 0 Å². The molecule has 0 aromatic carbocycles. The van der Waals surface area contributed by atoms with Crippen molar-refractivity contribution in [3.05, 3.63) is 0 Å². The molecule has 0 aromatic heterocycles. The van der Waals surface area contributed by atoms with Crippen LogP contribution in [0.25, 0.3) is 0 Å². The van der Waals surface area contributed by atoms with E-state index in [4.69, 9.17) is 38.6 Å². The number of aliphatic hydroxyl groups is 2. The molecule has 0 fully saturated rings. The number of carbonyl (C=O) groups excluding carboxylic acids is 1. The van der Waals surface area contributed by atoms with Crippen LogP contribution in [0.5, 0.6) is 0 Å². The van der Waals surface area contributed by atoms with Crippen molar-refractivity contribution < 1.29 is 43.4 Å². The van der Waals surface area contributed by atoms with Crippen LogP contribution in [0.1, 0.15) is 34.6 Å². The zero-order valence-electron chi connectivity index (χ0n) is 17.8. The third kappa shape index (κ3) is 15.0. The molecule has 0 amide bonds. The SMILES string of the molecule is CCOC(C)COC(C)COC(C)COC(C)COC(=O)OCC(CO)CO. The first-order chi connectivity index (χ1) is 13.3. The predicted octanol–water partition coefficient (Wildman–Crippen LogP) is 1.38. The summed E-state index contributed by atoms with van der Waals surface area (Å²) in [7, 11) is 0. The number of hydrogen-bond acceptors (Lipinski definition) is 9. The molecule has 9 nitrogen and oxygen atoms in total. The van der Waals surface area contributed by atoms with Gasteiger partial charge in [-0.3, -0.25) is 0 Å². The van der Waals surface area contributed by atoms with Gasteiger partial charge >= 0.3 is 6.16 Å². The maximum Gasteiger partial charge on any atom is 0.508 e. The molecular formula is C19H38O9. The average Bonchev–Trinajstić information content (AvgIpc) is 2.68. The molecule has 9 heteroatoms. The minimum Gasteiger partial charge on any atom is -0.434 e. The lowest BCUT2D eigenvalue weighted by Crippen LogP contribution is -2.29. The van der Waals surface area contributed by atoms with E-state index >= 15 is 0 Å². The van der Waals surface area contributed by atoms with Crippen molar-refractivity contribution in [3.8, 4) is 0 Å². The predicted molar refractivity (Wildman–Crippen MR) is 102 cm³/mol. The standard InChI is InChI=1S/C19H38O9/c1-6-23-14(2)9-24-15(3)10-25-16(4)11-26-17(5)12-27-19(22)28-13-18(7-20)8-21/h14-18,20-21H,6-13H2,1-5H3. The van der Waals surface area contributed by atoms with E-state index in [1.54, 1.807) is 6.92 Å². The molecule has 0 heterocycles. The summed E-state index contributed by atoms with van der Waals surface area (Å²) in [6.45, 7) is 10.9. The quantitative estimate of drug-likeness (QED) is 0.343. The van der Waals surface area contributed by atoms with E-state index in [0.717, 1.165) is 0 Å². The van der Waals surface area contributed by atoms with Crippen LogP contribution in [0.2, 0.25) is 0 Å². The van der Waals surface area contributed by atoms with Gasteiger partial charge in [0, 0.05) is 12.5 Å². The third-order valence-corrected chi connectivity index (χ3v) is 3.69. The maximum atomic E-state index is 11.4. The summed E-state index contributed by atoms with van der Waals surface area (Å²) in [6.07, 6.45) is -1.33. The molecule has 28 heavy (non-hydrogen) atoms. The largest absolute Gasteiger partial charge is 0.508 e. The van der Waals surface area contributed by atoms with Crippen LogP contribution >= 0.6 is 0 Å². The van der Waals surface area contributed by atoms with Gasteiger partial charge in [-0.25, -0.2) is 4.79 Å². The lowest BCUT2D eigenvalue weighted by atomic mass is 10.2. The van der Waals surface area contributed by atoms with Gasteiger partial charge in [-0.05, 0) is 34.6 Å². The summed E-state index contributed by atoms with van der Waals surface area (Å²) in [6, 6.07) is 0. The van der Waals surface area contributed by atoms with Crippen LogP contribution in [0.4, 0.5) is 4.79 Å². The van der Waals surface area contributed by atoms with Crippen LogP contribution in [0, 0.1) is 5.92 Å². The highest BCUT2D eigenvalue weighted by molar-refractivity contribution is 5.59. The Bertz CT molecular complexity index is 376. The van der Waals surface area contributed by atoms with Crippen LogP contribution in [0.3, 0.4) is 0 Å². The molecule has 0 aliphatic heterocycles. The third-order valence-electron chi connectivity index (χ3n) is 3.69. The first kappa shape index (κ1) is 27.0. The van der Waals surface area contributed by atoms with Gasteiger partial charge in [0.25, 0.3) is 0 Å². The first-order valence-electron chi connectivity index (χ1n) is 9.79. The second-order valence-corrected chi connectivity index (χ2v) is 6.80. The summed E-state index contributed by atoms with van der Waals surface area (Å²) in [4.78, 5) is 11.4. The summed E-state index contributed by atoms with van der Waals surface area (Å²) < 4.78 is 32.1. The van der Waals surface area contributed by atoms with Crippen LogP contribution in [-0.2, 0) is 28.4 Å². The molecule has 0 aliphatic rings. The van der Waals surface area contributed by atoms with E-state index in [0.29, 0.717) is 26.4 Å². The highest BCUT2D eigenvalue weighted by Crippen LogP contribution is 2.03. The lowest BCUT2D eigenvalue weighted by molar-refractivity contribution is -0.0902. The molecule has 0 rings (SSSR count). The van der Waals surface area contributed by atoms with E-state index in [1.165, 1.54) is 0 Å². The van der Waals surface area contributed by atoms with E-state index < -0.39 is 12.1 Å². The van der Waals surface area contributed by atoms with Gasteiger partial charge in [-0.2, -0.15) is 0 Å². The number of carbonyl (C=O) groups is 1. The molecule has 0 saturated heterocycles. The van der Waals surface area contributed by atoms with Crippen LogP contribution in [0.15, 0.2) is 0 Å². The Labute approximate surface area is 168 Å². The zero-order valence-corrected chi connectivity index (χ0v) is 17.8. The fraction of sp³-hybridized carbons (Fsp3) is 0.947. The van der Waals surface area contributed by atoms with Gasteiger partial charge in [0.15, 0.2) is 0 Å². The van der Waals surface area contributed by atoms with Crippen molar-refractivity contribution in [2.24, 2.45) is 5.92 Å². The van der Waals surface area contributed by atoms with E-state index in [9.17, 15) is 4.79 Å². The zero-order chi connectivity index (χ0) is 21.4. The lowest BCUT2D eigenvalue weighted by Gasteiger charge is -2.21. The fourth-order valence-corrected chi connectivity index (χ4v) is 1.95. The van der Waals surface area contributed by atoms with Gasteiger partial charge in [-0.15, -0.1) is 0 Å². The Morgan fingerprint density at radius 2 is 1.07 bits per heavy atom. The average molecular weight is 411 g/mol. The minimum atomic E-state index is -0.862.